The Kier molecular flexibility index (Phi) is 3.95. The minimum absolute atomic E-state index is 0.0947. The normalized spacial score (nSPS) is 11.0. The number of anilines is 1. The largest absolute Gasteiger partial charge is 0.451 e. The van der Waals surface area contributed by atoms with Crippen LogP contribution in [-0.2, 0) is 0 Å². The number of hydrogen-bond donors (Lipinski definition) is 0. The van der Waals surface area contributed by atoms with Gasteiger partial charge in [-0.05, 0) is 63.1 Å². The Morgan fingerprint density at radius 2 is 1.70 bits per heavy atom. The Labute approximate surface area is 136 Å². The zero-order valence-electron chi connectivity index (χ0n) is 14.0. The Morgan fingerprint density at radius 1 is 1.04 bits per heavy atom. The van der Waals surface area contributed by atoms with E-state index in [0.717, 1.165) is 22.2 Å². The number of benzene rings is 2. The minimum atomic E-state index is -0.0947. The van der Waals surface area contributed by atoms with Gasteiger partial charge in [-0.2, -0.15) is 0 Å². The zero-order valence-corrected chi connectivity index (χ0v) is 14.0. The molecule has 0 spiro atoms. The van der Waals surface area contributed by atoms with Gasteiger partial charge in [0.2, 0.25) is 0 Å². The third-order valence-corrected chi connectivity index (χ3v) is 4.38. The van der Waals surface area contributed by atoms with Gasteiger partial charge in [0.1, 0.15) is 5.58 Å². The van der Waals surface area contributed by atoms with Crippen molar-refractivity contribution in [3.8, 4) is 0 Å². The second-order valence-corrected chi connectivity index (χ2v) is 5.87. The lowest BCUT2D eigenvalue weighted by atomic mass is 10.0. The molecular weight excluding hydrogens is 286 g/mol. The number of hydrogen-bond acceptors (Lipinski definition) is 2. The Morgan fingerprint density at radius 3 is 2.35 bits per heavy atom. The molecule has 1 amide bonds. The summed E-state index contributed by atoms with van der Waals surface area (Å²) < 4.78 is 5.91. The molecule has 3 nitrogen and oxygen atoms in total. The van der Waals surface area contributed by atoms with Crippen LogP contribution in [0.1, 0.15) is 34.2 Å². The number of carbonyl (C=O) groups excluding carboxylic acids is 1. The summed E-state index contributed by atoms with van der Waals surface area (Å²) in [6.07, 6.45) is 0. The predicted molar refractivity (Wildman–Crippen MR) is 94.2 cm³/mol. The van der Waals surface area contributed by atoms with E-state index in [2.05, 4.69) is 19.9 Å². The van der Waals surface area contributed by atoms with Gasteiger partial charge >= 0.3 is 0 Å². The monoisotopic (exact) mass is 307 g/mol. The van der Waals surface area contributed by atoms with E-state index in [-0.39, 0.29) is 5.91 Å². The maximum atomic E-state index is 13.0. The minimum Gasteiger partial charge on any atom is -0.451 e. The SMILES string of the molecule is CCN(C(=O)c1oc2cc(C)c(C)cc2c1C)c1ccccc1. The molecule has 0 radical (unpaired) electrons. The Hall–Kier alpha value is -2.55. The number of nitrogens with zero attached hydrogens (tertiary/aromatic N) is 1. The highest BCUT2D eigenvalue weighted by Gasteiger charge is 2.23. The van der Waals surface area contributed by atoms with Crippen LogP contribution in [-0.4, -0.2) is 12.5 Å². The van der Waals surface area contributed by atoms with Crippen LogP contribution in [0.4, 0.5) is 5.69 Å². The lowest BCUT2D eigenvalue weighted by Gasteiger charge is -2.20. The number of carbonyl (C=O) groups is 1. The van der Waals surface area contributed by atoms with Crippen molar-refractivity contribution in [3.63, 3.8) is 0 Å². The maximum Gasteiger partial charge on any atom is 0.294 e. The van der Waals surface area contributed by atoms with E-state index in [0.29, 0.717) is 12.3 Å². The van der Waals surface area contributed by atoms with E-state index < -0.39 is 0 Å². The van der Waals surface area contributed by atoms with E-state index in [1.54, 1.807) is 4.90 Å². The molecule has 0 unspecified atom stereocenters. The second kappa shape index (κ2) is 5.92. The summed E-state index contributed by atoms with van der Waals surface area (Å²) in [5, 5.41) is 1.01. The third kappa shape index (κ3) is 2.63. The lowest BCUT2D eigenvalue weighted by molar-refractivity contribution is 0.0963. The summed E-state index contributed by atoms with van der Waals surface area (Å²) in [7, 11) is 0. The van der Waals surface area contributed by atoms with Crippen LogP contribution in [0.3, 0.4) is 0 Å². The molecule has 3 heteroatoms. The summed E-state index contributed by atoms with van der Waals surface area (Å²) in [5.74, 6) is 0.332. The summed E-state index contributed by atoms with van der Waals surface area (Å²) in [6.45, 7) is 8.64. The van der Waals surface area contributed by atoms with Gasteiger partial charge in [0.25, 0.3) is 5.91 Å². The van der Waals surface area contributed by atoms with Crippen LogP contribution >= 0.6 is 0 Å². The number of amides is 1. The van der Waals surface area contributed by atoms with Gasteiger partial charge in [0.15, 0.2) is 5.76 Å². The van der Waals surface area contributed by atoms with Crippen LogP contribution in [0.5, 0.6) is 0 Å². The van der Waals surface area contributed by atoms with Crippen LogP contribution in [0.2, 0.25) is 0 Å². The highest BCUT2D eigenvalue weighted by Crippen LogP contribution is 2.29. The molecular formula is C20H21NO2. The van der Waals surface area contributed by atoms with Crippen molar-refractivity contribution in [3.05, 3.63) is 64.9 Å². The second-order valence-electron chi connectivity index (χ2n) is 5.87. The number of rotatable bonds is 3. The molecule has 23 heavy (non-hydrogen) atoms. The fraction of sp³-hybridized carbons (Fsp3) is 0.250. The van der Waals surface area contributed by atoms with E-state index in [1.807, 2.05) is 50.2 Å². The molecule has 0 fully saturated rings. The summed E-state index contributed by atoms with van der Waals surface area (Å²) in [5.41, 5.74) is 4.93. The van der Waals surface area contributed by atoms with Crippen LogP contribution in [0.25, 0.3) is 11.0 Å². The van der Waals surface area contributed by atoms with Gasteiger partial charge in [0.05, 0.1) is 0 Å². The van der Waals surface area contributed by atoms with Gasteiger partial charge in [-0.15, -0.1) is 0 Å². The van der Waals surface area contributed by atoms with Crippen molar-refractivity contribution < 1.29 is 9.21 Å². The van der Waals surface area contributed by atoms with Crippen molar-refractivity contribution in [2.75, 3.05) is 11.4 Å². The molecule has 0 aliphatic carbocycles. The standard InChI is InChI=1S/C20H21NO2/c1-5-21(16-9-7-6-8-10-16)20(22)19-15(4)17-11-13(2)14(3)12-18(17)23-19/h6-12H,5H2,1-4H3. The van der Waals surface area contributed by atoms with Crippen molar-refractivity contribution in [1.29, 1.82) is 0 Å². The molecule has 3 rings (SSSR count). The molecule has 1 aromatic heterocycles. The van der Waals surface area contributed by atoms with E-state index in [1.165, 1.54) is 11.1 Å². The summed E-state index contributed by atoms with van der Waals surface area (Å²) in [6, 6.07) is 13.8. The molecule has 0 aliphatic rings. The number of para-hydroxylation sites is 1. The molecule has 0 bridgehead atoms. The quantitative estimate of drug-likeness (QED) is 0.680. The first-order valence-electron chi connectivity index (χ1n) is 7.90. The molecule has 2 aromatic carbocycles. The summed E-state index contributed by atoms with van der Waals surface area (Å²) >= 11 is 0. The topological polar surface area (TPSA) is 33.5 Å². The highest BCUT2D eigenvalue weighted by atomic mass is 16.3. The smallest absolute Gasteiger partial charge is 0.294 e. The third-order valence-electron chi connectivity index (χ3n) is 4.38. The van der Waals surface area contributed by atoms with Crippen LogP contribution in [0, 0.1) is 20.8 Å². The first-order valence-corrected chi connectivity index (χ1v) is 7.90. The molecule has 0 aliphatic heterocycles. The van der Waals surface area contributed by atoms with Crippen molar-refractivity contribution in [2.24, 2.45) is 0 Å². The van der Waals surface area contributed by atoms with Gasteiger partial charge < -0.3 is 9.32 Å². The fourth-order valence-electron chi connectivity index (χ4n) is 2.85. The molecule has 3 aromatic rings. The Balaban J connectivity index is 2.08. The average Bonchev–Trinajstić information content (AvgIpc) is 2.86. The number of aryl methyl sites for hydroxylation is 3. The maximum absolute atomic E-state index is 13.0. The van der Waals surface area contributed by atoms with Gasteiger partial charge in [-0.25, -0.2) is 0 Å². The predicted octanol–water partition coefficient (Wildman–Crippen LogP) is 5.02. The van der Waals surface area contributed by atoms with Crippen molar-refractivity contribution >= 4 is 22.6 Å². The Bertz CT molecular complexity index is 862. The lowest BCUT2D eigenvalue weighted by Crippen LogP contribution is -2.30. The van der Waals surface area contributed by atoms with Crippen molar-refractivity contribution in [1.82, 2.24) is 0 Å². The van der Waals surface area contributed by atoms with Gasteiger partial charge in [0, 0.05) is 23.2 Å². The van der Waals surface area contributed by atoms with Gasteiger partial charge in [-0.1, -0.05) is 18.2 Å². The van der Waals surface area contributed by atoms with E-state index >= 15 is 0 Å². The highest BCUT2D eigenvalue weighted by molar-refractivity contribution is 6.08. The first kappa shape index (κ1) is 15.3. The number of furan rings is 1. The van der Waals surface area contributed by atoms with Crippen LogP contribution < -0.4 is 4.90 Å². The molecule has 118 valence electrons. The number of fused-ring (bicyclic) bond motifs is 1. The molecule has 0 saturated carbocycles. The molecule has 0 N–H and O–H groups in total. The molecule has 0 atom stereocenters. The first-order chi connectivity index (χ1) is 11.0. The van der Waals surface area contributed by atoms with Crippen molar-refractivity contribution in [2.45, 2.75) is 27.7 Å². The van der Waals surface area contributed by atoms with E-state index in [9.17, 15) is 4.79 Å². The fourth-order valence-corrected chi connectivity index (χ4v) is 2.85. The average molecular weight is 307 g/mol. The van der Waals surface area contributed by atoms with Crippen LogP contribution in [0.15, 0.2) is 46.9 Å². The van der Waals surface area contributed by atoms with Gasteiger partial charge in [-0.3, -0.25) is 4.79 Å². The zero-order chi connectivity index (χ0) is 16.6. The molecule has 0 saturated heterocycles. The van der Waals surface area contributed by atoms with E-state index in [4.69, 9.17) is 4.42 Å². The molecule has 1 heterocycles. The summed E-state index contributed by atoms with van der Waals surface area (Å²) in [4.78, 5) is 14.7.